The number of carbonyl (C=O) groups excluding carboxylic acids is 3. The predicted octanol–water partition coefficient (Wildman–Crippen LogP) is 4.69. The Morgan fingerprint density at radius 3 is 2.43 bits per heavy atom. The smallest absolute Gasteiger partial charge is 0.259 e. The van der Waals surface area contributed by atoms with E-state index < -0.39 is 0 Å². The van der Waals surface area contributed by atoms with Gasteiger partial charge in [-0.1, -0.05) is 23.9 Å². The maximum atomic E-state index is 13.7. The third-order valence-electron chi connectivity index (χ3n) is 6.44. The third kappa shape index (κ3) is 4.99. The second-order valence-electron chi connectivity index (χ2n) is 8.79. The molecule has 3 aromatic carbocycles. The molecular formula is C28H27N3O5S. The first kappa shape index (κ1) is 24.7. The van der Waals surface area contributed by atoms with Crippen molar-refractivity contribution in [3.05, 3.63) is 71.8 Å². The summed E-state index contributed by atoms with van der Waals surface area (Å²) < 4.78 is 10.6. The van der Waals surface area contributed by atoms with Crippen molar-refractivity contribution in [3.8, 4) is 11.5 Å². The molecule has 190 valence electrons. The maximum absolute atomic E-state index is 13.7. The van der Waals surface area contributed by atoms with E-state index in [2.05, 4.69) is 5.32 Å². The number of hydrogen-bond donors (Lipinski definition) is 1. The van der Waals surface area contributed by atoms with Gasteiger partial charge in [0, 0.05) is 40.2 Å². The van der Waals surface area contributed by atoms with Crippen LogP contribution in [-0.2, 0) is 4.79 Å². The minimum absolute atomic E-state index is 0.0609. The van der Waals surface area contributed by atoms with Crippen LogP contribution in [-0.4, -0.2) is 56.5 Å². The lowest BCUT2D eigenvalue weighted by Gasteiger charge is -2.24. The summed E-state index contributed by atoms with van der Waals surface area (Å²) in [6.45, 7) is 1.23. The number of ether oxygens (including phenoxy) is 2. The van der Waals surface area contributed by atoms with Gasteiger partial charge in [0.15, 0.2) is 11.5 Å². The fraction of sp³-hybridized carbons (Fsp3) is 0.250. The molecule has 1 fully saturated rings. The molecule has 8 nitrogen and oxygen atoms in total. The Balaban J connectivity index is 1.47. The highest BCUT2D eigenvalue weighted by Crippen LogP contribution is 2.42. The summed E-state index contributed by atoms with van der Waals surface area (Å²) in [5.74, 6) is 0.282. The molecule has 0 atom stereocenters. The summed E-state index contributed by atoms with van der Waals surface area (Å²) in [7, 11) is 3.06. The molecule has 9 heteroatoms. The number of fused-ring (bicyclic) bond motifs is 2. The van der Waals surface area contributed by atoms with Crippen molar-refractivity contribution in [2.24, 2.45) is 0 Å². The fourth-order valence-corrected chi connectivity index (χ4v) is 5.63. The average Bonchev–Trinajstić information content (AvgIpc) is 3.43. The molecule has 0 bridgehead atoms. The van der Waals surface area contributed by atoms with E-state index in [1.165, 1.54) is 30.9 Å². The van der Waals surface area contributed by atoms with Crippen molar-refractivity contribution in [1.82, 2.24) is 4.90 Å². The van der Waals surface area contributed by atoms with Crippen LogP contribution in [0.4, 0.5) is 11.4 Å². The van der Waals surface area contributed by atoms with Crippen molar-refractivity contribution in [2.75, 3.05) is 44.1 Å². The molecule has 1 saturated heterocycles. The number of carbonyl (C=O) groups is 3. The average molecular weight is 518 g/mol. The number of nitrogens with one attached hydrogen (secondary N) is 1. The van der Waals surface area contributed by atoms with Crippen LogP contribution in [0.1, 0.15) is 33.6 Å². The topological polar surface area (TPSA) is 88.2 Å². The van der Waals surface area contributed by atoms with Gasteiger partial charge < -0.3 is 19.7 Å². The highest BCUT2D eigenvalue weighted by atomic mass is 32.2. The zero-order chi connectivity index (χ0) is 25.9. The molecular weight excluding hydrogens is 490 g/mol. The molecule has 3 aromatic rings. The molecule has 37 heavy (non-hydrogen) atoms. The van der Waals surface area contributed by atoms with Gasteiger partial charge in [-0.15, -0.1) is 0 Å². The fourth-order valence-electron chi connectivity index (χ4n) is 4.57. The van der Waals surface area contributed by atoms with Gasteiger partial charge in [0.2, 0.25) is 5.91 Å². The molecule has 2 heterocycles. The lowest BCUT2D eigenvalue weighted by molar-refractivity contribution is -0.114. The molecule has 0 saturated carbocycles. The summed E-state index contributed by atoms with van der Waals surface area (Å²) in [6, 6.07) is 17.8. The normalized spacial score (nSPS) is 14.5. The van der Waals surface area contributed by atoms with Crippen LogP contribution >= 0.6 is 11.8 Å². The number of rotatable bonds is 6. The lowest BCUT2D eigenvalue weighted by Crippen LogP contribution is -2.38. The Kier molecular flexibility index (Phi) is 7.05. The van der Waals surface area contributed by atoms with Crippen molar-refractivity contribution in [2.45, 2.75) is 22.6 Å². The Hall–Kier alpha value is -3.98. The zero-order valence-electron chi connectivity index (χ0n) is 20.7. The van der Waals surface area contributed by atoms with Gasteiger partial charge in [0.1, 0.15) is 6.54 Å². The van der Waals surface area contributed by atoms with Crippen LogP contribution < -0.4 is 19.7 Å². The van der Waals surface area contributed by atoms with E-state index in [9.17, 15) is 14.4 Å². The molecule has 3 amide bonds. The second kappa shape index (κ2) is 10.6. The predicted molar refractivity (Wildman–Crippen MR) is 142 cm³/mol. The van der Waals surface area contributed by atoms with Crippen molar-refractivity contribution < 1.29 is 23.9 Å². The van der Waals surface area contributed by atoms with Gasteiger partial charge in [-0.25, -0.2) is 0 Å². The van der Waals surface area contributed by atoms with E-state index in [-0.39, 0.29) is 24.3 Å². The van der Waals surface area contributed by atoms with E-state index >= 15 is 0 Å². The molecule has 2 aliphatic rings. The summed E-state index contributed by atoms with van der Waals surface area (Å²) >= 11 is 1.45. The van der Waals surface area contributed by atoms with Gasteiger partial charge in [0.25, 0.3) is 11.8 Å². The van der Waals surface area contributed by atoms with Crippen LogP contribution in [0.2, 0.25) is 0 Å². The molecule has 0 aromatic heterocycles. The first-order valence-electron chi connectivity index (χ1n) is 12.0. The molecule has 1 N–H and O–H groups in total. The SMILES string of the molecule is COc1ccc(NC(=O)CN2C(=O)c3ccccc3Sc3ccc(C(=O)N4CCCC4)cc32)cc1OC. The van der Waals surface area contributed by atoms with Gasteiger partial charge in [-0.3, -0.25) is 19.3 Å². The van der Waals surface area contributed by atoms with Gasteiger partial charge in [-0.05, 0) is 55.3 Å². The number of likely N-dealkylation sites (tertiary alicyclic amines) is 1. The van der Waals surface area contributed by atoms with Crippen LogP contribution in [0.3, 0.4) is 0 Å². The van der Waals surface area contributed by atoms with Gasteiger partial charge in [-0.2, -0.15) is 0 Å². The Morgan fingerprint density at radius 2 is 1.68 bits per heavy atom. The summed E-state index contributed by atoms with van der Waals surface area (Å²) in [5, 5.41) is 2.84. The van der Waals surface area contributed by atoms with E-state index in [0.717, 1.165) is 35.7 Å². The molecule has 0 unspecified atom stereocenters. The number of anilines is 2. The van der Waals surface area contributed by atoms with Gasteiger partial charge in [0.05, 0.1) is 25.5 Å². The Labute approximate surface area is 219 Å². The Morgan fingerprint density at radius 1 is 0.919 bits per heavy atom. The quantitative estimate of drug-likeness (QED) is 0.511. The summed E-state index contributed by atoms with van der Waals surface area (Å²) in [5.41, 5.74) is 2.07. The van der Waals surface area contributed by atoms with Crippen LogP contribution in [0, 0.1) is 0 Å². The van der Waals surface area contributed by atoms with E-state index in [4.69, 9.17) is 9.47 Å². The second-order valence-corrected chi connectivity index (χ2v) is 9.87. The largest absolute Gasteiger partial charge is 0.493 e. The van der Waals surface area contributed by atoms with E-state index in [1.54, 1.807) is 42.5 Å². The first-order valence-corrected chi connectivity index (χ1v) is 12.8. The van der Waals surface area contributed by atoms with Crippen molar-refractivity contribution in [3.63, 3.8) is 0 Å². The molecule has 0 radical (unpaired) electrons. The molecule has 0 spiro atoms. The maximum Gasteiger partial charge on any atom is 0.259 e. The monoisotopic (exact) mass is 517 g/mol. The number of methoxy groups -OCH3 is 2. The highest BCUT2D eigenvalue weighted by molar-refractivity contribution is 7.99. The number of nitrogens with zero attached hydrogens (tertiary/aromatic N) is 2. The summed E-state index contributed by atoms with van der Waals surface area (Å²) in [4.78, 5) is 44.9. The molecule has 2 aliphatic heterocycles. The minimum atomic E-state index is -0.382. The molecule has 0 aliphatic carbocycles. The Bertz CT molecular complexity index is 1370. The van der Waals surface area contributed by atoms with E-state index in [0.29, 0.717) is 34.0 Å². The standard InChI is InChI=1S/C28H27N3O5S/c1-35-22-11-10-19(16-23(22)36-2)29-26(32)17-31-21-15-18(27(33)30-13-5-6-14-30)9-12-25(21)37-24-8-4-3-7-20(24)28(31)34/h3-4,7-12,15-16H,5-6,13-14,17H2,1-2H3,(H,29,32). The number of benzene rings is 3. The van der Waals surface area contributed by atoms with Crippen LogP contribution in [0.5, 0.6) is 11.5 Å². The number of hydrogen-bond acceptors (Lipinski definition) is 6. The van der Waals surface area contributed by atoms with Gasteiger partial charge >= 0.3 is 0 Å². The van der Waals surface area contributed by atoms with E-state index in [1.807, 2.05) is 23.1 Å². The van der Waals surface area contributed by atoms with Crippen molar-refractivity contribution in [1.29, 1.82) is 0 Å². The molecule has 5 rings (SSSR count). The summed E-state index contributed by atoms with van der Waals surface area (Å²) in [6.07, 6.45) is 1.98. The number of amides is 3. The van der Waals surface area contributed by atoms with Crippen molar-refractivity contribution >= 4 is 40.9 Å². The van der Waals surface area contributed by atoms with Crippen LogP contribution in [0.15, 0.2) is 70.5 Å². The first-order chi connectivity index (χ1) is 18.0. The highest BCUT2D eigenvalue weighted by Gasteiger charge is 2.30. The van der Waals surface area contributed by atoms with Crippen LogP contribution in [0.25, 0.3) is 0 Å². The third-order valence-corrected chi connectivity index (χ3v) is 7.58. The lowest BCUT2D eigenvalue weighted by atomic mass is 10.1. The zero-order valence-corrected chi connectivity index (χ0v) is 21.5. The minimum Gasteiger partial charge on any atom is -0.493 e.